The Kier molecular flexibility index (Phi) is 12.1. The van der Waals surface area contributed by atoms with Gasteiger partial charge in [-0.3, -0.25) is 9.59 Å². The quantitative estimate of drug-likeness (QED) is 0.321. The van der Waals surface area contributed by atoms with E-state index in [0.717, 1.165) is 24.1 Å². The van der Waals surface area contributed by atoms with Crippen LogP contribution in [0.2, 0.25) is 0 Å². The molecule has 2 aromatic rings. The smallest absolute Gasteiger partial charge is 0.410 e. The highest BCUT2D eigenvalue weighted by molar-refractivity contribution is 5.94. The molecule has 0 spiro atoms. The Hall–Kier alpha value is -3.37. The van der Waals surface area contributed by atoms with Crippen molar-refractivity contribution in [3.63, 3.8) is 0 Å². The Labute approximate surface area is 268 Å². The van der Waals surface area contributed by atoms with Crippen molar-refractivity contribution < 1.29 is 28.6 Å². The maximum atomic E-state index is 14.7. The molecular weight excluding hydrogens is 572 g/mol. The second-order valence-corrected chi connectivity index (χ2v) is 13.6. The van der Waals surface area contributed by atoms with Gasteiger partial charge in [-0.2, -0.15) is 0 Å². The molecule has 2 fully saturated rings. The first-order valence-corrected chi connectivity index (χ1v) is 16.4. The van der Waals surface area contributed by atoms with Gasteiger partial charge < -0.3 is 33.5 Å². The van der Waals surface area contributed by atoms with Crippen molar-refractivity contribution in [2.24, 2.45) is 11.8 Å². The van der Waals surface area contributed by atoms with E-state index < -0.39 is 17.6 Å². The second-order valence-electron chi connectivity index (χ2n) is 13.6. The number of likely N-dealkylation sites (tertiary alicyclic amines) is 1. The first-order valence-electron chi connectivity index (χ1n) is 16.4. The lowest BCUT2D eigenvalue weighted by Crippen LogP contribution is -2.58. The number of benzene rings is 1. The SMILES string of the molecule is COCCCCn1c(C(=O)N(CC(C)C)C2C[C@@H](C(=O)N3CCOCC3)CN(C(=O)OC(C)(C)C)C2)ccc1-c1ccccc1. The Balaban J connectivity index is 1.68. The van der Waals surface area contributed by atoms with E-state index in [-0.39, 0.29) is 30.3 Å². The molecular formula is C35H52N4O6. The number of carbonyl (C=O) groups excluding carboxylic acids is 3. The van der Waals surface area contributed by atoms with Crippen molar-refractivity contribution >= 4 is 17.9 Å². The number of carbonyl (C=O) groups is 3. The standard InChI is InChI=1S/C35H52N4O6/c1-26(2)23-39(33(41)31-15-14-30(27-12-8-7-9-13-27)38(31)16-10-11-19-43-6)29-22-28(32(40)36-17-20-44-21-18-36)24-37(25-29)34(42)45-35(3,4)5/h7-9,12-15,26,28-29H,10-11,16-25H2,1-6H3/t28-,29?/m1/s1. The summed E-state index contributed by atoms with van der Waals surface area (Å²) in [7, 11) is 1.70. The number of hydrogen-bond acceptors (Lipinski definition) is 6. The Morgan fingerprint density at radius 3 is 2.33 bits per heavy atom. The Morgan fingerprint density at radius 2 is 1.69 bits per heavy atom. The number of ether oxygens (including phenoxy) is 3. The molecule has 1 unspecified atom stereocenters. The lowest BCUT2D eigenvalue weighted by Gasteiger charge is -2.44. The first-order chi connectivity index (χ1) is 21.5. The van der Waals surface area contributed by atoms with Crippen LogP contribution in [0.1, 0.15) is 64.4 Å². The number of piperidine rings is 1. The molecule has 1 aromatic carbocycles. The fourth-order valence-corrected chi connectivity index (χ4v) is 6.21. The topological polar surface area (TPSA) is 93.5 Å². The monoisotopic (exact) mass is 624 g/mol. The van der Waals surface area contributed by atoms with Crippen LogP contribution in [0.5, 0.6) is 0 Å². The van der Waals surface area contributed by atoms with Crippen molar-refractivity contribution in [1.29, 1.82) is 0 Å². The molecule has 2 atom stereocenters. The number of hydrogen-bond donors (Lipinski definition) is 0. The van der Waals surface area contributed by atoms with E-state index in [1.165, 1.54) is 0 Å². The van der Waals surface area contributed by atoms with Gasteiger partial charge in [0.25, 0.3) is 5.91 Å². The van der Waals surface area contributed by atoms with Gasteiger partial charge in [-0.1, -0.05) is 44.2 Å². The zero-order chi connectivity index (χ0) is 32.6. The van der Waals surface area contributed by atoms with E-state index in [4.69, 9.17) is 14.2 Å². The van der Waals surface area contributed by atoms with Crippen molar-refractivity contribution in [2.75, 3.05) is 59.7 Å². The van der Waals surface area contributed by atoms with Crippen LogP contribution in [-0.2, 0) is 25.5 Å². The highest BCUT2D eigenvalue weighted by Gasteiger charge is 2.41. The van der Waals surface area contributed by atoms with Crippen LogP contribution in [0.4, 0.5) is 4.79 Å². The maximum absolute atomic E-state index is 14.7. The summed E-state index contributed by atoms with van der Waals surface area (Å²) < 4.78 is 18.6. The summed E-state index contributed by atoms with van der Waals surface area (Å²) in [5.74, 6) is -0.358. The fraction of sp³-hybridized carbons (Fsp3) is 0.629. The number of amides is 3. The van der Waals surface area contributed by atoms with E-state index >= 15 is 0 Å². The zero-order valence-corrected chi connectivity index (χ0v) is 28.0. The predicted octanol–water partition coefficient (Wildman–Crippen LogP) is 5.16. The molecule has 10 heteroatoms. The van der Waals surface area contributed by atoms with Gasteiger partial charge in [0, 0.05) is 58.7 Å². The number of unbranched alkanes of at least 4 members (excludes halogenated alkanes) is 1. The van der Waals surface area contributed by atoms with Crippen molar-refractivity contribution in [3.05, 3.63) is 48.2 Å². The number of methoxy groups -OCH3 is 1. The fourth-order valence-electron chi connectivity index (χ4n) is 6.21. The van der Waals surface area contributed by atoms with Gasteiger partial charge in [0.1, 0.15) is 11.3 Å². The minimum absolute atomic E-state index is 0.00128. The van der Waals surface area contributed by atoms with E-state index in [2.05, 4.69) is 30.5 Å². The molecule has 1 aromatic heterocycles. The number of aromatic nitrogens is 1. The first kappa shape index (κ1) is 34.5. The molecule has 4 rings (SSSR count). The minimum Gasteiger partial charge on any atom is -0.444 e. The summed E-state index contributed by atoms with van der Waals surface area (Å²) in [5, 5.41) is 0. The van der Waals surface area contributed by atoms with Crippen LogP contribution in [0, 0.1) is 11.8 Å². The van der Waals surface area contributed by atoms with Gasteiger partial charge >= 0.3 is 6.09 Å². The number of nitrogens with zero attached hydrogens (tertiary/aromatic N) is 4. The third-order valence-corrected chi connectivity index (χ3v) is 8.27. The Bertz CT molecular complexity index is 1260. The summed E-state index contributed by atoms with van der Waals surface area (Å²) in [5.41, 5.74) is 1.96. The molecule has 45 heavy (non-hydrogen) atoms. The average Bonchev–Trinajstić information content (AvgIpc) is 3.45. The minimum atomic E-state index is -0.682. The molecule has 248 valence electrons. The molecule has 0 N–H and O–H groups in total. The van der Waals surface area contributed by atoms with Crippen LogP contribution in [0.25, 0.3) is 11.3 Å². The highest BCUT2D eigenvalue weighted by atomic mass is 16.6. The average molecular weight is 625 g/mol. The van der Waals surface area contributed by atoms with Crippen LogP contribution in [0.3, 0.4) is 0 Å². The lowest BCUT2D eigenvalue weighted by molar-refractivity contribution is -0.142. The summed E-state index contributed by atoms with van der Waals surface area (Å²) in [4.78, 5) is 47.2. The molecule has 3 heterocycles. The molecule has 0 bridgehead atoms. The number of rotatable bonds is 11. The largest absolute Gasteiger partial charge is 0.444 e. The zero-order valence-electron chi connectivity index (χ0n) is 28.0. The molecule has 0 saturated carbocycles. The third-order valence-electron chi connectivity index (χ3n) is 8.27. The molecule has 3 amide bonds. The van der Waals surface area contributed by atoms with E-state index in [9.17, 15) is 14.4 Å². The molecule has 2 aliphatic heterocycles. The molecule has 10 nitrogen and oxygen atoms in total. The van der Waals surface area contributed by atoms with Crippen LogP contribution >= 0.6 is 0 Å². The lowest BCUT2D eigenvalue weighted by atomic mass is 9.91. The summed E-state index contributed by atoms with van der Waals surface area (Å²) in [6.45, 7) is 14.1. The maximum Gasteiger partial charge on any atom is 0.410 e. The van der Waals surface area contributed by atoms with Gasteiger partial charge in [-0.25, -0.2) is 4.79 Å². The third kappa shape index (κ3) is 9.33. The predicted molar refractivity (Wildman–Crippen MR) is 174 cm³/mol. The van der Waals surface area contributed by atoms with E-state index in [1.54, 1.807) is 12.0 Å². The molecule has 0 aliphatic carbocycles. The van der Waals surface area contributed by atoms with Crippen LogP contribution in [-0.4, -0.2) is 108 Å². The van der Waals surface area contributed by atoms with Gasteiger partial charge in [0.05, 0.1) is 25.2 Å². The summed E-state index contributed by atoms with van der Waals surface area (Å²) in [6.07, 6.45) is 1.76. The van der Waals surface area contributed by atoms with Gasteiger partial charge in [0.2, 0.25) is 5.91 Å². The summed E-state index contributed by atoms with van der Waals surface area (Å²) >= 11 is 0. The Morgan fingerprint density at radius 1 is 0.978 bits per heavy atom. The normalized spacial score (nSPS) is 19.1. The molecule has 2 saturated heterocycles. The van der Waals surface area contributed by atoms with Crippen LogP contribution < -0.4 is 0 Å². The molecule has 2 aliphatic rings. The van der Waals surface area contributed by atoms with Crippen molar-refractivity contribution in [3.8, 4) is 11.3 Å². The highest BCUT2D eigenvalue weighted by Crippen LogP contribution is 2.29. The van der Waals surface area contributed by atoms with Crippen molar-refractivity contribution in [2.45, 2.75) is 72.1 Å². The van der Waals surface area contributed by atoms with Crippen molar-refractivity contribution in [1.82, 2.24) is 19.3 Å². The summed E-state index contributed by atoms with van der Waals surface area (Å²) in [6, 6.07) is 13.7. The van der Waals surface area contributed by atoms with Gasteiger partial charge in [0.15, 0.2) is 0 Å². The van der Waals surface area contributed by atoms with E-state index in [0.29, 0.717) is 64.7 Å². The van der Waals surface area contributed by atoms with Gasteiger partial charge in [-0.15, -0.1) is 0 Å². The second kappa shape index (κ2) is 15.8. The molecule has 0 radical (unpaired) electrons. The number of morpholine rings is 1. The van der Waals surface area contributed by atoms with E-state index in [1.807, 2.05) is 60.9 Å². The van der Waals surface area contributed by atoms with Gasteiger partial charge in [-0.05, 0) is 63.6 Å². The van der Waals surface area contributed by atoms with Crippen LogP contribution in [0.15, 0.2) is 42.5 Å².